The molecule has 2 aromatic rings. The Hall–Kier alpha value is -1.88. The molecule has 2 N–H and O–H groups in total. The van der Waals surface area contributed by atoms with Crippen molar-refractivity contribution < 1.29 is 9.90 Å². The molecule has 0 saturated heterocycles. The maximum Gasteiger partial charge on any atom is 0.230 e. The molecule has 2 fully saturated rings. The number of nitrogens with zero attached hydrogens (tertiary/aromatic N) is 2. The van der Waals surface area contributed by atoms with E-state index in [0.717, 1.165) is 35.9 Å². The first-order valence-electron chi connectivity index (χ1n) is 9.22. The van der Waals surface area contributed by atoms with Gasteiger partial charge >= 0.3 is 0 Å². The van der Waals surface area contributed by atoms with Crippen LogP contribution in [0.3, 0.4) is 0 Å². The maximum atomic E-state index is 12.6. The zero-order valence-corrected chi connectivity index (χ0v) is 15.5. The Morgan fingerprint density at radius 2 is 2.04 bits per heavy atom. The second kappa shape index (κ2) is 5.31. The quantitative estimate of drug-likeness (QED) is 0.884. The Kier molecular flexibility index (Phi) is 3.52. The smallest absolute Gasteiger partial charge is 0.230 e. The van der Waals surface area contributed by atoms with E-state index in [1.165, 1.54) is 6.42 Å². The fraction of sp³-hybridized carbons (Fsp3) is 0.600. The summed E-state index contributed by atoms with van der Waals surface area (Å²) in [4.78, 5) is 17.3. The van der Waals surface area contributed by atoms with Crippen LogP contribution in [0.4, 0.5) is 5.95 Å². The number of benzene rings is 1. The predicted octanol–water partition coefficient (Wildman–Crippen LogP) is 3.97. The molecule has 0 radical (unpaired) electrons. The second-order valence-corrected chi connectivity index (χ2v) is 8.89. The molecule has 2 saturated carbocycles. The molecule has 0 aliphatic heterocycles. The van der Waals surface area contributed by atoms with Gasteiger partial charge in [-0.2, -0.15) is 0 Å². The minimum absolute atomic E-state index is 0.0728. The minimum atomic E-state index is -0.898. The van der Waals surface area contributed by atoms with Crippen molar-refractivity contribution in [3.05, 3.63) is 23.8 Å². The van der Waals surface area contributed by atoms with Crippen LogP contribution in [0.25, 0.3) is 11.0 Å². The topological polar surface area (TPSA) is 67.2 Å². The van der Waals surface area contributed by atoms with Gasteiger partial charge in [0.2, 0.25) is 11.9 Å². The van der Waals surface area contributed by atoms with Crippen LogP contribution >= 0.6 is 0 Å². The van der Waals surface area contributed by atoms with E-state index in [1.807, 2.05) is 18.2 Å². The first kappa shape index (κ1) is 16.6. The molecule has 2 aliphatic rings. The zero-order chi connectivity index (χ0) is 18.0. The number of anilines is 1. The van der Waals surface area contributed by atoms with Gasteiger partial charge < -0.3 is 9.67 Å². The van der Waals surface area contributed by atoms with Crippen molar-refractivity contribution in [3.8, 4) is 0 Å². The Morgan fingerprint density at radius 1 is 1.36 bits per heavy atom. The van der Waals surface area contributed by atoms with E-state index in [0.29, 0.717) is 12.0 Å². The lowest BCUT2D eigenvalue weighted by Gasteiger charge is -2.29. The Morgan fingerprint density at radius 3 is 2.56 bits per heavy atom. The molecule has 2 aliphatic carbocycles. The number of nitrogens with one attached hydrogen (secondary N) is 1. The van der Waals surface area contributed by atoms with Gasteiger partial charge in [-0.25, -0.2) is 4.98 Å². The molecule has 0 unspecified atom stereocenters. The zero-order valence-electron chi connectivity index (χ0n) is 15.5. The molecule has 0 spiro atoms. The third kappa shape index (κ3) is 2.84. The summed E-state index contributed by atoms with van der Waals surface area (Å²) in [6, 6.07) is 6.24. The van der Waals surface area contributed by atoms with Crippen molar-refractivity contribution in [3.63, 3.8) is 0 Å². The number of carbonyl (C=O) groups excluding carboxylic acids is 1. The van der Waals surface area contributed by atoms with Crippen LogP contribution in [-0.2, 0) is 10.4 Å². The largest absolute Gasteiger partial charge is 0.386 e. The van der Waals surface area contributed by atoms with Gasteiger partial charge in [0.1, 0.15) is 0 Å². The molecular formula is C20H27N3O2. The number of carbonyl (C=O) groups is 1. The lowest BCUT2D eigenvalue weighted by atomic mass is 9.92. The second-order valence-electron chi connectivity index (χ2n) is 8.89. The van der Waals surface area contributed by atoms with E-state index in [4.69, 9.17) is 0 Å². The number of amides is 1. The third-order valence-electron chi connectivity index (χ3n) is 5.90. The van der Waals surface area contributed by atoms with Gasteiger partial charge in [-0.3, -0.25) is 10.1 Å². The number of aliphatic hydroxyl groups is 1. The standard InChI is InChI=1S/C20H27N3O2/c1-19(2)11-14(19)17(24)22-18-21-15-9-8-12(20(3,4)25)10-16(15)23(18)13-6-5-7-13/h8-10,13-14,25H,5-7,11H2,1-4H3,(H,21,22,24)/t14-/m0/s1. The van der Waals surface area contributed by atoms with Crippen LogP contribution in [0.5, 0.6) is 0 Å². The maximum absolute atomic E-state index is 12.6. The number of imidazole rings is 1. The van der Waals surface area contributed by atoms with E-state index >= 15 is 0 Å². The first-order chi connectivity index (χ1) is 11.7. The lowest BCUT2D eigenvalue weighted by Crippen LogP contribution is -2.24. The number of hydrogen-bond donors (Lipinski definition) is 2. The molecule has 5 heteroatoms. The van der Waals surface area contributed by atoms with Crippen molar-refractivity contribution in [2.24, 2.45) is 11.3 Å². The summed E-state index contributed by atoms with van der Waals surface area (Å²) in [7, 11) is 0. The van der Waals surface area contributed by atoms with Crippen LogP contribution in [0.2, 0.25) is 0 Å². The molecule has 1 amide bonds. The molecule has 0 bridgehead atoms. The van der Waals surface area contributed by atoms with Gasteiger partial charge in [0, 0.05) is 12.0 Å². The average Bonchev–Trinajstić information content (AvgIpc) is 2.96. The molecule has 25 heavy (non-hydrogen) atoms. The predicted molar refractivity (Wildman–Crippen MR) is 98.4 cm³/mol. The summed E-state index contributed by atoms with van der Waals surface area (Å²) in [5.74, 6) is 0.804. The molecule has 134 valence electrons. The number of aromatic nitrogens is 2. The monoisotopic (exact) mass is 341 g/mol. The average molecular weight is 341 g/mol. The Balaban J connectivity index is 1.74. The van der Waals surface area contributed by atoms with Crippen LogP contribution in [0.15, 0.2) is 18.2 Å². The SMILES string of the molecule is CC(C)(O)c1ccc2nc(NC(=O)[C@@H]3CC3(C)C)n(C3CCC3)c2c1. The highest BCUT2D eigenvalue weighted by atomic mass is 16.3. The molecular weight excluding hydrogens is 314 g/mol. The van der Waals surface area contributed by atoms with Gasteiger partial charge in [0.25, 0.3) is 0 Å². The van der Waals surface area contributed by atoms with Crippen molar-refractivity contribution in [1.29, 1.82) is 0 Å². The van der Waals surface area contributed by atoms with Crippen LogP contribution in [-0.4, -0.2) is 20.6 Å². The van der Waals surface area contributed by atoms with Crippen molar-refractivity contribution in [2.45, 2.75) is 65.0 Å². The van der Waals surface area contributed by atoms with Gasteiger partial charge in [0.05, 0.1) is 16.6 Å². The summed E-state index contributed by atoms with van der Waals surface area (Å²) in [5, 5.41) is 13.4. The van der Waals surface area contributed by atoms with Gasteiger partial charge in [-0.05, 0) is 62.6 Å². The molecule has 1 aromatic carbocycles. The van der Waals surface area contributed by atoms with E-state index in [-0.39, 0.29) is 17.2 Å². The van der Waals surface area contributed by atoms with E-state index in [9.17, 15) is 9.90 Å². The highest BCUT2D eigenvalue weighted by Crippen LogP contribution is 2.52. The summed E-state index contributed by atoms with van der Waals surface area (Å²) < 4.78 is 2.17. The van der Waals surface area contributed by atoms with Gasteiger partial charge in [-0.1, -0.05) is 19.9 Å². The first-order valence-corrected chi connectivity index (χ1v) is 9.22. The van der Waals surface area contributed by atoms with Crippen LogP contribution in [0, 0.1) is 11.3 Å². The van der Waals surface area contributed by atoms with E-state index < -0.39 is 5.60 Å². The van der Waals surface area contributed by atoms with E-state index in [1.54, 1.807) is 13.8 Å². The Labute approximate surface area is 148 Å². The molecule has 1 heterocycles. The number of fused-ring (bicyclic) bond motifs is 1. The highest BCUT2D eigenvalue weighted by molar-refractivity contribution is 5.95. The highest BCUT2D eigenvalue weighted by Gasteiger charge is 2.50. The summed E-state index contributed by atoms with van der Waals surface area (Å²) in [6.45, 7) is 7.83. The van der Waals surface area contributed by atoms with Crippen molar-refractivity contribution in [1.82, 2.24) is 9.55 Å². The number of rotatable bonds is 4. The van der Waals surface area contributed by atoms with E-state index in [2.05, 4.69) is 28.7 Å². The Bertz CT molecular complexity index is 840. The summed E-state index contributed by atoms with van der Waals surface area (Å²) in [6.07, 6.45) is 4.36. The normalized spacial score (nSPS) is 22.7. The molecule has 4 rings (SSSR count). The fourth-order valence-electron chi connectivity index (χ4n) is 3.69. The van der Waals surface area contributed by atoms with Crippen molar-refractivity contribution in [2.75, 3.05) is 5.32 Å². The number of hydrogen-bond acceptors (Lipinski definition) is 3. The van der Waals surface area contributed by atoms with Gasteiger partial charge in [-0.15, -0.1) is 0 Å². The summed E-state index contributed by atoms with van der Waals surface area (Å²) in [5.41, 5.74) is 1.93. The minimum Gasteiger partial charge on any atom is -0.386 e. The molecule has 1 aromatic heterocycles. The lowest BCUT2D eigenvalue weighted by molar-refractivity contribution is -0.118. The van der Waals surface area contributed by atoms with Gasteiger partial charge in [0.15, 0.2) is 0 Å². The molecule has 5 nitrogen and oxygen atoms in total. The summed E-state index contributed by atoms with van der Waals surface area (Å²) >= 11 is 0. The third-order valence-corrected chi connectivity index (χ3v) is 5.90. The fourth-order valence-corrected chi connectivity index (χ4v) is 3.69. The van der Waals surface area contributed by atoms with Crippen molar-refractivity contribution >= 4 is 22.9 Å². The van der Waals surface area contributed by atoms with Crippen LogP contribution < -0.4 is 5.32 Å². The molecule has 1 atom stereocenters. The van der Waals surface area contributed by atoms with Crippen LogP contribution in [0.1, 0.15) is 65.0 Å².